The second kappa shape index (κ2) is 6.69. The Hall–Kier alpha value is -1.16. The highest BCUT2D eigenvalue weighted by Crippen LogP contribution is 2.12. The summed E-state index contributed by atoms with van der Waals surface area (Å²) in [4.78, 5) is 8.80. The highest BCUT2D eigenvalue weighted by atomic mass is 35.5. The van der Waals surface area contributed by atoms with Crippen LogP contribution in [0.5, 0.6) is 0 Å². The number of rotatable bonds is 3. The third-order valence-electron chi connectivity index (χ3n) is 2.44. The average Bonchev–Trinajstić information content (AvgIpc) is 2.31. The fourth-order valence-electron chi connectivity index (χ4n) is 1.67. The molecule has 2 aromatic rings. The summed E-state index contributed by atoms with van der Waals surface area (Å²) < 4.78 is 0. The Morgan fingerprint density at radius 2 is 1.83 bits per heavy atom. The normalized spacial score (nSPS) is 9.94. The van der Waals surface area contributed by atoms with Gasteiger partial charge in [0.15, 0.2) is 0 Å². The molecule has 3 nitrogen and oxygen atoms in total. The van der Waals surface area contributed by atoms with Crippen LogP contribution in [0.3, 0.4) is 0 Å². The summed E-state index contributed by atoms with van der Waals surface area (Å²) in [6.45, 7) is 2.39. The van der Waals surface area contributed by atoms with Gasteiger partial charge in [-0.15, -0.1) is 12.4 Å². The Kier molecular flexibility index (Phi) is 5.54. The van der Waals surface area contributed by atoms with E-state index in [1.165, 1.54) is 0 Å². The molecule has 0 amide bonds. The van der Waals surface area contributed by atoms with Gasteiger partial charge in [-0.05, 0) is 30.7 Å². The van der Waals surface area contributed by atoms with E-state index in [0.29, 0.717) is 13.0 Å². The van der Waals surface area contributed by atoms with Crippen LogP contribution in [0.2, 0.25) is 5.02 Å². The van der Waals surface area contributed by atoms with Gasteiger partial charge in [-0.1, -0.05) is 23.7 Å². The molecule has 0 aliphatic heterocycles. The molecule has 1 aromatic heterocycles. The number of nitrogens with zero attached hydrogens (tertiary/aromatic N) is 2. The predicted molar refractivity (Wildman–Crippen MR) is 76.2 cm³/mol. The quantitative estimate of drug-likeness (QED) is 0.942. The molecule has 0 saturated carbocycles. The van der Waals surface area contributed by atoms with Crippen molar-refractivity contribution in [3.63, 3.8) is 0 Å². The van der Waals surface area contributed by atoms with E-state index in [4.69, 9.17) is 17.3 Å². The SMILES string of the molecule is Cc1cc(CN)nc(Cc2ccc(Cl)cc2)n1.Cl. The van der Waals surface area contributed by atoms with Gasteiger partial charge >= 0.3 is 0 Å². The van der Waals surface area contributed by atoms with E-state index in [0.717, 1.165) is 27.8 Å². The lowest BCUT2D eigenvalue weighted by molar-refractivity contribution is 0.874. The Bertz CT molecular complexity index is 512. The molecule has 0 aliphatic rings. The van der Waals surface area contributed by atoms with Crippen LogP contribution < -0.4 is 5.73 Å². The Morgan fingerprint density at radius 1 is 1.17 bits per heavy atom. The van der Waals surface area contributed by atoms with E-state index in [1.54, 1.807) is 0 Å². The topological polar surface area (TPSA) is 51.8 Å². The van der Waals surface area contributed by atoms with E-state index in [2.05, 4.69) is 9.97 Å². The largest absolute Gasteiger partial charge is 0.325 e. The van der Waals surface area contributed by atoms with E-state index in [-0.39, 0.29) is 12.4 Å². The first-order valence-electron chi connectivity index (χ1n) is 5.45. The minimum Gasteiger partial charge on any atom is -0.325 e. The lowest BCUT2D eigenvalue weighted by Crippen LogP contribution is -2.06. The van der Waals surface area contributed by atoms with Gasteiger partial charge in [0.25, 0.3) is 0 Å². The van der Waals surface area contributed by atoms with Crippen LogP contribution in [0.4, 0.5) is 0 Å². The summed E-state index contributed by atoms with van der Waals surface area (Å²) in [5.74, 6) is 0.799. The van der Waals surface area contributed by atoms with Gasteiger partial charge in [-0.2, -0.15) is 0 Å². The van der Waals surface area contributed by atoms with Crippen LogP contribution in [0, 0.1) is 6.92 Å². The summed E-state index contributed by atoms with van der Waals surface area (Å²) in [6.07, 6.45) is 0.700. The Labute approximate surface area is 118 Å². The molecule has 1 aromatic carbocycles. The molecule has 0 aliphatic carbocycles. The number of halogens is 2. The van der Waals surface area contributed by atoms with Crippen molar-refractivity contribution in [2.45, 2.75) is 19.9 Å². The standard InChI is InChI=1S/C13H14ClN3.ClH/c1-9-6-12(8-15)17-13(16-9)7-10-2-4-11(14)5-3-10;/h2-6H,7-8,15H2,1H3;1H. The molecule has 0 saturated heterocycles. The van der Waals surface area contributed by atoms with Crippen molar-refractivity contribution >= 4 is 24.0 Å². The molecule has 0 atom stereocenters. The van der Waals surface area contributed by atoms with Crippen molar-refractivity contribution in [2.24, 2.45) is 5.73 Å². The van der Waals surface area contributed by atoms with E-state index >= 15 is 0 Å². The van der Waals surface area contributed by atoms with E-state index in [9.17, 15) is 0 Å². The molecule has 2 N–H and O–H groups in total. The van der Waals surface area contributed by atoms with Crippen LogP contribution in [0.25, 0.3) is 0 Å². The Balaban J connectivity index is 0.00000162. The molecular weight excluding hydrogens is 269 g/mol. The minimum absolute atomic E-state index is 0. The monoisotopic (exact) mass is 283 g/mol. The van der Waals surface area contributed by atoms with E-state index in [1.807, 2.05) is 37.3 Å². The van der Waals surface area contributed by atoms with Gasteiger partial charge < -0.3 is 5.73 Å². The van der Waals surface area contributed by atoms with Gasteiger partial charge in [0, 0.05) is 23.7 Å². The Morgan fingerprint density at radius 3 is 2.44 bits per heavy atom. The predicted octanol–water partition coefficient (Wildman–Crippen LogP) is 2.91. The third-order valence-corrected chi connectivity index (χ3v) is 2.69. The fraction of sp³-hybridized carbons (Fsp3) is 0.231. The van der Waals surface area contributed by atoms with Crippen molar-refractivity contribution in [1.82, 2.24) is 9.97 Å². The smallest absolute Gasteiger partial charge is 0.133 e. The third kappa shape index (κ3) is 3.95. The van der Waals surface area contributed by atoms with Crippen molar-refractivity contribution in [3.8, 4) is 0 Å². The zero-order valence-electron chi connectivity index (χ0n) is 10.1. The lowest BCUT2D eigenvalue weighted by Gasteiger charge is -2.04. The van der Waals surface area contributed by atoms with Gasteiger partial charge in [0.1, 0.15) is 5.82 Å². The van der Waals surface area contributed by atoms with E-state index < -0.39 is 0 Å². The second-order valence-corrected chi connectivity index (χ2v) is 4.36. The number of hydrogen-bond acceptors (Lipinski definition) is 3. The van der Waals surface area contributed by atoms with Crippen LogP contribution in [0.15, 0.2) is 30.3 Å². The van der Waals surface area contributed by atoms with Gasteiger partial charge in [-0.3, -0.25) is 0 Å². The molecule has 18 heavy (non-hydrogen) atoms. The molecular formula is C13H15Cl2N3. The van der Waals surface area contributed by atoms with Gasteiger partial charge in [-0.25, -0.2) is 9.97 Å². The maximum atomic E-state index is 5.84. The van der Waals surface area contributed by atoms with Crippen molar-refractivity contribution < 1.29 is 0 Å². The molecule has 0 unspecified atom stereocenters. The number of aryl methyl sites for hydroxylation is 1. The van der Waals surface area contributed by atoms with Crippen molar-refractivity contribution in [3.05, 3.63) is 58.1 Å². The van der Waals surface area contributed by atoms with Crippen LogP contribution in [-0.2, 0) is 13.0 Å². The molecule has 1 heterocycles. The van der Waals surface area contributed by atoms with Crippen LogP contribution >= 0.6 is 24.0 Å². The minimum atomic E-state index is 0. The molecule has 0 radical (unpaired) electrons. The van der Waals surface area contributed by atoms with Crippen LogP contribution in [-0.4, -0.2) is 9.97 Å². The summed E-state index contributed by atoms with van der Waals surface area (Å²) in [5, 5.41) is 0.738. The first-order chi connectivity index (χ1) is 8.17. The highest BCUT2D eigenvalue weighted by Gasteiger charge is 2.03. The summed E-state index contributed by atoms with van der Waals surface area (Å²) in [5.41, 5.74) is 8.56. The zero-order valence-corrected chi connectivity index (χ0v) is 11.6. The van der Waals surface area contributed by atoms with Crippen molar-refractivity contribution in [2.75, 3.05) is 0 Å². The number of hydrogen-bond donors (Lipinski definition) is 1. The fourth-order valence-corrected chi connectivity index (χ4v) is 1.79. The molecule has 0 bridgehead atoms. The molecule has 96 valence electrons. The summed E-state index contributed by atoms with van der Waals surface area (Å²) in [6, 6.07) is 9.62. The van der Waals surface area contributed by atoms with Crippen LogP contribution in [0.1, 0.15) is 22.8 Å². The summed E-state index contributed by atoms with van der Waals surface area (Å²) >= 11 is 5.84. The molecule has 0 spiro atoms. The molecule has 5 heteroatoms. The highest BCUT2D eigenvalue weighted by molar-refractivity contribution is 6.30. The van der Waals surface area contributed by atoms with Gasteiger partial charge in [0.2, 0.25) is 0 Å². The molecule has 0 fully saturated rings. The van der Waals surface area contributed by atoms with Gasteiger partial charge in [0.05, 0.1) is 5.69 Å². The maximum absolute atomic E-state index is 5.84. The first kappa shape index (κ1) is 14.9. The number of benzene rings is 1. The first-order valence-corrected chi connectivity index (χ1v) is 5.83. The zero-order chi connectivity index (χ0) is 12.3. The summed E-state index contributed by atoms with van der Waals surface area (Å²) in [7, 11) is 0. The maximum Gasteiger partial charge on any atom is 0.133 e. The molecule has 2 rings (SSSR count). The average molecular weight is 284 g/mol. The number of aromatic nitrogens is 2. The second-order valence-electron chi connectivity index (χ2n) is 3.92. The van der Waals surface area contributed by atoms with Crippen molar-refractivity contribution in [1.29, 1.82) is 0 Å². The lowest BCUT2D eigenvalue weighted by atomic mass is 10.1. The number of nitrogens with two attached hydrogens (primary N) is 1.